The number of nitrogen functional groups attached to an aromatic ring is 1. The first-order valence-corrected chi connectivity index (χ1v) is 5.86. The molecule has 0 aromatic heterocycles. The number of benzene rings is 1. The summed E-state index contributed by atoms with van der Waals surface area (Å²) >= 11 is 0. The lowest BCUT2D eigenvalue weighted by Crippen LogP contribution is -2.16. The first kappa shape index (κ1) is 14.0. The lowest BCUT2D eigenvalue weighted by molar-refractivity contribution is -0.117. The van der Waals surface area contributed by atoms with E-state index >= 15 is 0 Å². The summed E-state index contributed by atoms with van der Waals surface area (Å²) in [7, 11) is 0. The quantitative estimate of drug-likeness (QED) is 0.699. The van der Waals surface area contributed by atoms with Crippen LogP contribution in [0.25, 0.3) is 0 Å². The Bertz CT molecular complexity index is 458. The molecule has 0 aliphatic carbocycles. The molecule has 0 fully saturated rings. The number of carbonyl (C=O) groups is 2. The van der Waals surface area contributed by atoms with E-state index in [1.165, 1.54) is 18.2 Å². The number of hydrogen-bond donors (Lipinski definition) is 3. The van der Waals surface area contributed by atoms with Crippen LogP contribution in [0.1, 0.15) is 37.0 Å². The van der Waals surface area contributed by atoms with E-state index < -0.39 is 5.97 Å². The summed E-state index contributed by atoms with van der Waals surface area (Å²) in [5.41, 5.74) is 6.51. The topological polar surface area (TPSA) is 92.4 Å². The molecular weight excluding hydrogens is 232 g/mol. The molecule has 0 aliphatic rings. The fourth-order valence-electron chi connectivity index (χ4n) is 1.47. The molecule has 5 nitrogen and oxygen atoms in total. The Morgan fingerprint density at radius 1 is 1.44 bits per heavy atom. The van der Waals surface area contributed by atoms with E-state index in [4.69, 9.17) is 10.8 Å². The highest BCUT2D eigenvalue weighted by molar-refractivity contribution is 5.96. The van der Waals surface area contributed by atoms with Crippen molar-refractivity contribution in [2.45, 2.75) is 26.7 Å². The van der Waals surface area contributed by atoms with Crippen molar-refractivity contribution < 1.29 is 14.7 Å². The zero-order valence-electron chi connectivity index (χ0n) is 10.6. The summed E-state index contributed by atoms with van der Waals surface area (Å²) in [4.78, 5) is 22.4. The van der Waals surface area contributed by atoms with Gasteiger partial charge in [0, 0.05) is 6.42 Å². The van der Waals surface area contributed by atoms with Crippen LogP contribution in [0.5, 0.6) is 0 Å². The van der Waals surface area contributed by atoms with E-state index in [9.17, 15) is 9.59 Å². The minimum atomic E-state index is -1.04. The summed E-state index contributed by atoms with van der Waals surface area (Å²) in [6.07, 6.45) is 1.36. The van der Waals surface area contributed by atoms with Gasteiger partial charge in [0.15, 0.2) is 0 Å². The van der Waals surface area contributed by atoms with Gasteiger partial charge in [0.2, 0.25) is 5.91 Å². The minimum absolute atomic E-state index is 0.104. The Balaban J connectivity index is 2.74. The molecule has 1 aromatic carbocycles. The van der Waals surface area contributed by atoms with Gasteiger partial charge in [-0.3, -0.25) is 4.79 Å². The second-order valence-electron chi connectivity index (χ2n) is 4.37. The fourth-order valence-corrected chi connectivity index (χ4v) is 1.47. The molecule has 1 aromatic rings. The number of nitrogens with two attached hydrogens (primary N) is 1. The molecule has 98 valence electrons. The lowest BCUT2D eigenvalue weighted by atomic mass is 10.0. The molecule has 1 atom stereocenters. The van der Waals surface area contributed by atoms with Crippen molar-refractivity contribution in [2.24, 2.45) is 5.92 Å². The number of carbonyl (C=O) groups excluding carboxylic acids is 1. The molecule has 0 heterocycles. The van der Waals surface area contributed by atoms with Gasteiger partial charge in [-0.15, -0.1) is 0 Å². The van der Waals surface area contributed by atoms with E-state index in [1.807, 2.05) is 13.8 Å². The molecule has 1 unspecified atom stereocenters. The number of rotatable bonds is 5. The Hall–Kier alpha value is -2.04. The smallest absolute Gasteiger partial charge is 0.335 e. The number of anilines is 2. The standard InChI is InChI=1S/C13H18N2O3/c1-3-8(2)6-12(16)15-11-5-4-9(13(17)18)7-10(11)14/h4-5,7-8H,3,6,14H2,1-2H3,(H,15,16)(H,17,18). The monoisotopic (exact) mass is 250 g/mol. The van der Waals surface area contributed by atoms with Gasteiger partial charge in [0.1, 0.15) is 0 Å². The third kappa shape index (κ3) is 3.76. The van der Waals surface area contributed by atoms with E-state index in [-0.39, 0.29) is 17.2 Å². The van der Waals surface area contributed by atoms with Gasteiger partial charge in [-0.05, 0) is 24.1 Å². The third-order valence-electron chi connectivity index (χ3n) is 2.80. The van der Waals surface area contributed by atoms with Crippen LogP contribution in [0, 0.1) is 5.92 Å². The number of aromatic carboxylic acids is 1. The van der Waals surface area contributed by atoms with Crippen LogP contribution in [0.4, 0.5) is 11.4 Å². The molecule has 0 saturated heterocycles. The van der Waals surface area contributed by atoms with Gasteiger partial charge in [-0.1, -0.05) is 20.3 Å². The largest absolute Gasteiger partial charge is 0.478 e. The molecule has 1 amide bonds. The van der Waals surface area contributed by atoms with Crippen molar-refractivity contribution in [1.29, 1.82) is 0 Å². The van der Waals surface area contributed by atoms with Gasteiger partial charge < -0.3 is 16.2 Å². The average Bonchev–Trinajstić information content (AvgIpc) is 2.31. The summed E-state index contributed by atoms with van der Waals surface area (Å²) in [5, 5.41) is 11.5. The van der Waals surface area contributed by atoms with Crippen molar-refractivity contribution in [2.75, 3.05) is 11.1 Å². The Kier molecular flexibility index (Phi) is 4.71. The number of amides is 1. The predicted molar refractivity (Wildman–Crippen MR) is 70.5 cm³/mol. The van der Waals surface area contributed by atoms with Gasteiger partial charge in [-0.25, -0.2) is 4.79 Å². The van der Waals surface area contributed by atoms with Crippen LogP contribution in [-0.4, -0.2) is 17.0 Å². The summed E-state index contributed by atoms with van der Waals surface area (Å²) < 4.78 is 0. The zero-order chi connectivity index (χ0) is 13.7. The van der Waals surface area contributed by atoms with Crippen molar-refractivity contribution in [3.05, 3.63) is 23.8 Å². The average molecular weight is 250 g/mol. The summed E-state index contributed by atoms with van der Waals surface area (Å²) in [6, 6.07) is 4.26. The first-order valence-electron chi connectivity index (χ1n) is 5.86. The second-order valence-corrected chi connectivity index (χ2v) is 4.37. The molecule has 1 rings (SSSR count). The molecule has 5 heteroatoms. The van der Waals surface area contributed by atoms with Crippen molar-refractivity contribution >= 4 is 23.3 Å². The normalized spacial score (nSPS) is 11.9. The Labute approximate surface area is 106 Å². The molecule has 0 radical (unpaired) electrons. The molecule has 0 aliphatic heterocycles. The van der Waals surface area contributed by atoms with E-state index in [2.05, 4.69) is 5.32 Å². The van der Waals surface area contributed by atoms with E-state index in [1.54, 1.807) is 0 Å². The van der Waals surface area contributed by atoms with Gasteiger partial charge in [0.25, 0.3) is 0 Å². The number of carboxylic acids is 1. The molecule has 0 saturated carbocycles. The summed E-state index contributed by atoms with van der Waals surface area (Å²) in [5.74, 6) is -0.845. The maximum atomic E-state index is 11.7. The van der Waals surface area contributed by atoms with Crippen LogP contribution in [-0.2, 0) is 4.79 Å². The Morgan fingerprint density at radius 2 is 2.11 bits per heavy atom. The van der Waals surface area contributed by atoms with E-state index in [0.717, 1.165) is 6.42 Å². The highest BCUT2D eigenvalue weighted by atomic mass is 16.4. The lowest BCUT2D eigenvalue weighted by Gasteiger charge is -2.11. The Morgan fingerprint density at radius 3 is 2.61 bits per heavy atom. The zero-order valence-corrected chi connectivity index (χ0v) is 10.6. The van der Waals surface area contributed by atoms with Crippen LogP contribution in [0.2, 0.25) is 0 Å². The van der Waals surface area contributed by atoms with Crippen molar-refractivity contribution in [1.82, 2.24) is 0 Å². The summed E-state index contributed by atoms with van der Waals surface area (Å²) in [6.45, 7) is 4.02. The highest BCUT2D eigenvalue weighted by Gasteiger charge is 2.11. The fraction of sp³-hybridized carbons (Fsp3) is 0.385. The number of carboxylic acid groups (broad SMARTS) is 1. The first-order chi connectivity index (χ1) is 8.43. The third-order valence-corrected chi connectivity index (χ3v) is 2.80. The van der Waals surface area contributed by atoms with Gasteiger partial charge >= 0.3 is 5.97 Å². The highest BCUT2D eigenvalue weighted by Crippen LogP contribution is 2.20. The van der Waals surface area contributed by atoms with Crippen LogP contribution in [0.15, 0.2) is 18.2 Å². The maximum absolute atomic E-state index is 11.7. The molecule has 0 bridgehead atoms. The molecule has 0 spiro atoms. The molecule has 4 N–H and O–H groups in total. The maximum Gasteiger partial charge on any atom is 0.335 e. The minimum Gasteiger partial charge on any atom is -0.478 e. The second kappa shape index (κ2) is 6.05. The van der Waals surface area contributed by atoms with Crippen LogP contribution >= 0.6 is 0 Å². The molecular formula is C13H18N2O3. The molecule has 18 heavy (non-hydrogen) atoms. The number of nitrogens with one attached hydrogen (secondary N) is 1. The predicted octanol–water partition coefficient (Wildman–Crippen LogP) is 2.34. The number of hydrogen-bond acceptors (Lipinski definition) is 3. The van der Waals surface area contributed by atoms with E-state index in [0.29, 0.717) is 18.0 Å². The van der Waals surface area contributed by atoms with Gasteiger partial charge in [-0.2, -0.15) is 0 Å². The van der Waals surface area contributed by atoms with Crippen molar-refractivity contribution in [3.8, 4) is 0 Å². The SMILES string of the molecule is CCC(C)CC(=O)Nc1ccc(C(=O)O)cc1N. The van der Waals surface area contributed by atoms with Crippen molar-refractivity contribution in [3.63, 3.8) is 0 Å². The van der Waals surface area contributed by atoms with Crippen LogP contribution < -0.4 is 11.1 Å². The van der Waals surface area contributed by atoms with Gasteiger partial charge in [0.05, 0.1) is 16.9 Å². The van der Waals surface area contributed by atoms with Crippen LogP contribution in [0.3, 0.4) is 0 Å².